The monoisotopic (exact) mass is 276 g/mol. The van der Waals surface area contributed by atoms with E-state index in [-0.39, 0.29) is 15.5 Å². The molecular weight excluding hydrogens is 264 g/mol. The molecule has 0 saturated carbocycles. The van der Waals surface area contributed by atoms with Crippen molar-refractivity contribution >= 4 is 21.6 Å². The first kappa shape index (κ1) is 12.8. The van der Waals surface area contributed by atoms with Gasteiger partial charge in [0.15, 0.2) is 0 Å². The van der Waals surface area contributed by atoms with E-state index in [0.29, 0.717) is 19.8 Å². The minimum atomic E-state index is -3.60. The molecule has 1 saturated heterocycles. The topological polar surface area (TPSA) is 68.3 Å². The van der Waals surface area contributed by atoms with Gasteiger partial charge < -0.3 is 4.74 Å². The molecule has 0 bridgehead atoms. The van der Waals surface area contributed by atoms with E-state index in [0.717, 1.165) is 0 Å². The Balaban J connectivity index is 2.12. The van der Waals surface area contributed by atoms with Crippen molar-refractivity contribution in [3.05, 3.63) is 23.5 Å². The van der Waals surface area contributed by atoms with Gasteiger partial charge in [-0.25, -0.2) is 18.1 Å². The molecule has 1 aromatic heterocycles. The van der Waals surface area contributed by atoms with Crippen molar-refractivity contribution < 1.29 is 13.2 Å². The van der Waals surface area contributed by atoms with Gasteiger partial charge in [-0.2, -0.15) is 0 Å². The fraction of sp³-hybridized carbons (Fsp3) is 0.500. The molecule has 0 unspecified atom stereocenters. The van der Waals surface area contributed by atoms with Crippen molar-refractivity contribution in [2.75, 3.05) is 19.8 Å². The van der Waals surface area contributed by atoms with Crippen molar-refractivity contribution in [3.63, 3.8) is 0 Å². The summed E-state index contributed by atoms with van der Waals surface area (Å²) >= 11 is 5.75. The molecule has 0 radical (unpaired) electrons. The summed E-state index contributed by atoms with van der Waals surface area (Å²) in [6, 6.07) is 2.96. The van der Waals surface area contributed by atoms with E-state index in [1.54, 1.807) is 0 Å². The van der Waals surface area contributed by atoms with Crippen molar-refractivity contribution in [1.29, 1.82) is 0 Å². The number of rotatable bonds is 4. The lowest BCUT2D eigenvalue weighted by atomic mass is 9.89. The molecule has 7 heteroatoms. The van der Waals surface area contributed by atoms with Crippen LogP contribution >= 0.6 is 11.6 Å². The largest absolute Gasteiger partial charge is 0.380 e. The Labute approximate surface area is 105 Å². The van der Waals surface area contributed by atoms with Crippen LogP contribution in [0.15, 0.2) is 23.2 Å². The first-order valence-electron chi connectivity index (χ1n) is 5.11. The maximum Gasteiger partial charge on any atom is 0.243 e. The van der Waals surface area contributed by atoms with Gasteiger partial charge in [-0.1, -0.05) is 18.5 Å². The highest BCUT2D eigenvalue weighted by atomic mass is 35.5. The number of ether oxygens (including phenoxy) is 1. The van der Waals surface area contributed by atoms with Gasteiger partial charge in [-0.3, -0.25) is 0 Å². The molecule has 0 aromatic carbocycles. The van der Waals surface area contributed by atoms with E-state index in [2.05, 4.69) is 9.71 Å². The first-order valence-corrected chi connectivity index (χ1v) is 6.97. The summed E-state index contributed by atoms with van der Waals surface area (Å²) in [4.78, 5) is 3.75. The number of sulfonamides is 1. The molecular formula is C10H13ClN2O3S. The summed E-state index contributed by atoms with van der Waals surface area (Å²) in [5.74, 6) is 0. The van der Waals surface area contributed by atoms with Crippen molar-refractivity contribution in [2.24, 2.45) is 5.41 Å². The zero-order valence-corrected chi connectivity index (χ0v) is 10.9. The highest BCUT2D eigenvalue weighted by molar-refractivity contribution is 7.89. The number of halogens is 1. The van der Waals surface area contributed by atoms with Crippen LogP contribution in [0, 0.1) is 5.41 Å². The highest BCUT2D eigenvalue weighted by Crippen LogP contribution is 2.26. The third kappa shape index (κ3) is 2.77. The van der Waals surface area contributed by atoms with Crippen LogP contribution in [0.25, 0.3) is 0 Å². The average molecular weight is 277 g/mol. The fourth-order valence-electron chi connectivity index (χ4n) is 1.47. The van der Waals surface area contributed by atoms with Gasteiger partial charge in [0, 0.05) is 18.2 Å². The van der Waals surface area contributed by atoms with Crippen LogP contribution in [0.2, 0.25) is 5.15 Å². The highest BCUT2D eigenvalue weighted by Gasteiger charge is 2.34. The first-order chi connectivity index (χ1) is 7.93. The Hall–Kier alpha value is -0.690. The van der Waals surface area contributed by atoms with Crippen LogP contribution in [-0.4, -0.2) is 33.2 Å². The smallest absolute Gasteiger partial charge is 0.243 e. The Morgan fingerprint density at radius 1 is 1.59 bits per heavy atom. The molecule has 94 valence electrons. The molecule has 5 nitrogen and oxygen atoms in total. The van der Waals surface area contributed by atoms with Gasteiger partial charge in [0.05, 0.1) is 13.2 Å². The van der Waals surface area contributed by atoms with Crippen LogP contribution in [0.5, 0.6) is 0 Å². The summed E-state index contributed by atoms with van der Waals surface area (Å²) in [6.45, 7) is 3.43. The van der Waals surface area contributed by atoms with Crippen molar-refractivity contribution in [1.82, 2.24) is 9.71 Å². The number of pyridine rings is 1. The maximum absolute atomic E-state index is 12.0. The van der Waals surface area contributed by atoms with E-state index in [9.17, 15) is 8.42 Å². The number of aromatic nitrogens is 1. The minimum Gasteiger partial charge on any atom is -0.380 e. The molecule has 1 aliphatic rings. The molecule has 0 aliphatic carbocycles. The normalized spacial score (nSPS) is 18.7. The average Bonchev–Trinajstić information content (AvgIpc) is 2.24. The second kappa shape index (κ2) is 4.53. The SMILES string of the molecule is CC1(CNS(=O)(=O)c2cccnc2Cl)COC1. The fourth-order valence-corrected chi connectivity index (χ4v) is 3.12. The Bertz CT molecular complexity index is 514. The molecule has 0 spiro atoms. The van der Waals surface area contributed by atoms with Gasteiger partial charge >= 0.3 is 0 Å². The standard InChI is InChI=1S/C10H13ClN2O3S/c1-10(6-16-7-10)5-13-17(14,15)8-3-2-4-12-9(8)11/h2-4,13H,5-7H2,1H3. The molecule has 17 heavy (non-hydrogen) atoms. The van der Waals surface area contributed by atoms with Crippen molar-refractivity contribution in [2.45, 2.75) is 11.8 Å². The second-order valence-electron chi connectivity index (χ2n) is 4.42. The third-order valence-electron chi connectivity index (χ3n) is 2.60. The summed E-state index contributed by atoms with van der Waals surface area (Å²) in [6.07, 6.45) is 1.45. The molecule has 1 N–H and O–H groups in total. The summed E-state index contributed by atoms with van der Waals surface area (Å²) in [5, 5.41) is -0.0185. The third-order valence-corrected chi connectivity index (χ3v) is 4.45. The Morgan fingerprint density at radius 2 is 2.29 bits per heavy atom. The number of nitrogens with zero attached hydrogens (tertiary/aromatic N) is 1. The van der Waals surface area contributed by atoms with Crippen LogP contribution in [-0.2, 0) is 14.8 Å². The molecule has 0 amide bonds. The van der Waals surface area contributed by atoms with Crippen molar-refractivity contribution in [3.8, 4) is 0 Å². The predicted molar refractivity (Wildman–Crippen MR) is 63.4 cm³/mol. The Kier molecular flexibility index (Phi) is 3.40. The summed E-state index contributed by atoms with van der Waals surface area (Å²) < 4.78 is 31.5. The molecule has 1 fully saturated rings. The zero-order chi connectivity index (χ0) is 12.5. The van der Waals surface area contributed by atoms with Crippen LogP contribution in [0.4, 0.5) is 0 Å². The molecule has 0 atom stereocenters. The second-order valence-corrected chi connectivity index (χ2v) is 6.51. The van der Waals surface area contributed by atoms with Crippen LogP contribution < -0.4 is 4.72 Å². The minimum absolute atomic E-state index is 0.00510. The zero-order valence-electron chi connectivity index (χ0n) is 9.31. The lowest BCUT2D eigenvalue weighted by molar-refractivity contribution is -0.0965. The quantitative estimate of drug-likeness (QED) is 0.835. The van der Waals surface area contributed by atoms with Gasteiger partial charge in [0.2, 0.25) is 10.0 Å². The van der Waals surface area contributed by atoms with Crippen LogP contribution in [0.3, 0.4) is 0 Å². The number of nitrogens with one attached hydrogen (secondary N) is 1. The van der Waals surface area contributed by atoms with Crippen LogP contribution in [0.1, 0.15) is 6.92 Å². The predicted octanol–water partition coefficient (Wildman–Crippen LogP) is 1.05. The maximum atomic E-state index is 12.0. The summed E-state index contributed by atoms with van der Waals surface area (Å²) in [7, 11) is -3.60. The van der Waals surface area contributed by atoms with Gasteiger partial charge in [0.25, 0.3) is 0 Å². The Morgan fingerprint density at radius 3 is 2.82 bits per heavy atom. The molecule has 1 aromatic rings. The van der Waals surface area contributed by atoms with Gasteiger partial charge in [0.1, 0.15) is 10.0 Å². The van der Waals surface area contributed by atoms with Gasteiger partial charge in [-0.05, 0) is 12.1 Å². The molecule has 2 rings (SSSR count). The lowest BCUT2D eigenvalue weighted by Crippen LogP contribution is -2.48. The van der Waals surface area contributed by atoms with E-state index in [1.165, 1.54) is 18.3 Å². The van der Waals surface area contributed by atoms with E-state index < -0.39 is 10.0 Å². The van der Waals surface area contributed by atoms with E-state index in [4.69, 9.17) is 16.3 Å². The van der Waals surface area contributed by atoms with Gasteiger partial charge in [-0.15, -0.1) is 0 Å². The lowest BCUT2D eigenvalue weighted by Gasteiger charge is -2.37. The number of hydrogen-bond donors (Lipinski definition) is 1. The number of hydrogen-bond acceptors (Lipinski definition) is 4. The molecule has 2 heterocycles. The summed E-state index contributed by atoms with van der Waals surface area (Å²) in [5.41, 5.74) is -0.123. The van der Waals surface area contributed by atoms with E-state index >= 15 is 0 Å². The molecule has 1 aliphatic heterocycles. The van der Waals surface area contributed by atoms with E-state index in [1.807, 2.05) is 6.92 Å².